The maximum absolute atomic E-state index is 5.00. The van der Waals surface area contributed by atoms with E-state index in [2.05, 4.69) is 110 Å². The fraction of sp³-hybridized carbons (Fsp3) is 0.480. The molecular formula is C50H68N6. The molecule has 0 N–H and O–H groups in total. The lowest BCUT2D eigenvalue weighted by Gasteiger charge is -2.28. The molecule has 5 rings (SSSR count). The zero-order valence-electron chi connectivity index (χ0n) is 35.1. The van der Waals surface area contributed by atoms with E-state index in [9.17, 15) is 0 Å². The Hall–Kier alpha value is -4.58. The van der Waals surface area contributed by atoms with Gasteiger partial charge in [-0.1, -0.05) is 111 Å². The number of aromatic nitrogens is 4. The molecule has 4 aromatic heterocycles. The first-order valence-electron chi connectivity index (χ1n) is 22.1. The van der Waals surface area contributed by atoms with Gasteiger partial charge in [0.25, 0.3) is 0 Å². The van der Waals surface area contributed by atoms with Crippen LogP contribution in [0, 0.1) is 0 Å². The van der Waals surface area contributed by atoms with Crippen LogP contribution in [0.1, 0.15) is 153 Å². The van der Waals surface area contributed by atoms with Crippen molar-refractivity contribution in [1.29, 1.82) is 0 Å². The molecule has 298 valence electrons. The van der Waals surface area contributed by atoms with Crippen molar-refractivity contribution >= 4 is 34.6 Å². The van der Waals surface area contributed by atoms with Gasteiger partial charge < -0.3 is 0 Å². The Balaban J connectivity index is 1.57. The van der Waals surface area contributed by atoms with Gasteiger partial charge in [0.05, 0.1) is 11.4 Å². The Morgan fingerprint density at radius 2 is 0.625 bits per heavy atom. The van der Waals surface area contributed by atoms with Crippen LogP contribution in [0.4, 0.5) is 34.6 Å². The van der Waals surface area contributed by atoms with Gasteiger partial charge in [-0.2, -0.15) is 0 Å². The first-order chi connectivity index (χ1) is 27.6. The summed E-state index contributed by atoms with van der Waals surface area (Å²) >= 11 is 0. The molecule has 0 bridgehead atoms. The van der Waals surface area contributed by atoms with E-state index in [-0.39, 0.29) is 0 Å². The van der Waals surface area contributed by atoms with E-state index < -0.39 is 0 Å². The molecule has 0 saturated carbocycles. The van der Waals surface area contributed by atoms with Crippen LogP contribution in [0.25, 0.3) is 0 Å². The highest BCUT2D eigenvalue weighted by molar-refractivity contribution is 5.79. The zero-order chi connectivity index (χ0) is 39.2. The third kappa shape index (κ3) is 13.3. The van der Waals surface area contributed by atoms with Crippen molar-refractivity contribution in [2.75, 3.05) is 9.80 Å². The molecular weight excluding hydrogens is 685 g/mol. The number of rotatable bonds is 26. The lowest BCUT2D eigenvalue weighted by molar-refractivity contribution is 0.666. The monoisotopic (exact) mass is 753 g/mol. The quantitative estimate of drug-likeness (QED) is 0.0524. The molecule has 1 aromatic carbocycles. The largest absolute Gasteiger partial charge is 0.279 e. The Labute approximate surface area is 339 Å². The molecule has 0 atom stereocenters. The van der Waals surface area contributed by atoms with E-state index in [4.69, 9.17) is 19.9 Å². The number of hydrogen-bond donors (Lipinski definition) is 0. The summed E-state index contributed by atoms with van der Waals surface area (Å²) in [5.41, 5.74) is 7.25. The molecule has 0 aliphatic rings. The van der Waals surface area contributed by atoms with Crippen molar-refractivity contribution in [1.82, 2.24) is 19.9 Å². The van der Waals surface area contributed by atoms with Gasteiger partial charge in [-0.25, -0.2) is 19.9 Å². The predicted molar refractivity (Wildman–Crippen MR) is 238 cm³/mol. The van der Waals surface area contributed by atoms with Gasteiger partial charge >= 0.3 is 0 Å². The van der Waals surface area contributed by atoms with Crippen LogP contribution in [0.15, 0.2) is 97.6 Å². The highest BCUT2D eigenvalue weighted by Crippen LogP contribution is 2.39. The Morgan fingerprint density at radius 1 is 0.339 bits per heavy atom. The van der Waals surface area contributed by atoms with E-state index in [1.54, 1.807) is 0 Å². The van der Waals surface area contributed by atoms with Crippen molar-refractivity contribution < 1.29 is 0 Å². The summed E-state index contributed by atoms with van der Waals surface area (Å²) in [4.78, 5) is 24.5. The van der Waals surface area contributed by atoms with Crippen molar-refractivity contribution in [2.24, 2.45) is 0 Å². The molecule has 0 spiro atoms. The number of benzene rings is 1. The lowest BCUT2D eigenvalue weighted by atomic mass is 10.1. The summed E-state index contributed by atoms with van der Waals surface area (Å²) in [5, 5.41) is 0. The van der Waals surface area contributed by atoms with Gasteiger partial charge in [-0.05, 0) is 140 Å². The molecule has 0 aliphatic heterocycles. The van der Waals surface area contributed by atoms with E-state index in [1.807, 2.05) is 24.8 Å². The molecule has 0 saturated heterocycles. The summed E-state index contributed by atoms with van der Waals surface area (Å²) in [6.45, 7) is 9.08. The van der Waals surface area contributed by atoms with Gasteiger partial charge in [0.15, 0.2) is 0 Å². The van der Waals surface area contributed by atoms with Crippen LogP contribution in [0.3, 0.4) is 0 Å². The fourth-order valence-electron chi connectivity index (χ4n) is 7.51. The van der Waals surface area contributed by atoms with E-state index >= 15 is 0 Å². The third-order valence-electron chi connectivity index (χ3n) is 10.8. The van der Waals surface area contributed by atoms with Gasteiger partial charge in [0.1, 0.15) is 23.3 Å². The van der Waals surface area contributed by atoms with Crippen LogP contribution in [-0.4, -0.2) is 19.9 Å². The Bertz CT molecular complexity index is 1610. The first kappa shape index (κ1) is 42.6. The maximum atomic E-state index is 5.00. The first-order valence-corrected chi connectivity index (χ1v) is 22.1. The topological polar surface area (TPSA) is 58.0 Å². The highest BCUT2D eigenvalue weighted by atomic mass is 15.3. The smallest absolute Gasteiger partial charge is 0.138 e. The second-order valence-corrected chi connectivity index (χ2v) is 15.5. The zero-order valence-corrected chi connectivity index (χ0v) is 35.1. The summed E-state index contributed by atoms with van der Waals surface area (Å²) in [6, 6.07) is 26.5. The van der Waals surface area contributed by atoms with Gasteiger partial charge in [-0.15, -0.1) is 0 Å². The molecule has 5 aromatic rings. The predicted octanol–water partition coefficient (Wildman–Crippen LogP) is 14.7. The molecule has 4 heterocycles. The Morgan fingerprint density at radius 3 is 0.893 bits per heavy atom. The molecule has 0 amide bonds. The van der Waals surface area contributed by atoms with Crippen molar-refractivity contribution in [3.05, 3.63) is 120 Å². The van der Waals surface area contributed by atoms with E-state index in [0.29, 0.717) is 0 Å². The van der Waals surface area contributed by atoms with E-state index in [1.165, 1.54) is 125 Å². The number of aryl methyl sites for hydroxylation is 4. The standard InChI is InChI=1S/C50H68N6/c1-5-9-13-17-22-41-28-32-51-47(36-41)55(48-37-42(29-33-52-48)23-18-14-10-6-2)45-26-21-27-46(40-45)56(49-38-43(30-34-53-49)24-19-15-11-7-3)50-39-44(31-35-54-50)25-20-16-12-8-4/h21,26-40H,5-20,22-25H2,1-4H3. The summed E-state index contributed by atoms with van der Waals surface area (Å²) in [7, 11) is 0. The van der Waals surface area contributed by atoms with Crippen molar-refractivity contribution in [3.63, 3.8) is 0 Å². The van der Waals surface area contributed by atoms with Crippen LogP contribution < -0.4 is 9.80 Å². The van der Waals surface area contributed by atoms with E-state index in [0.717, 1.165) is 60.3 Å². The second kappa shape index (κ2) is 24.1. The number of nitrogens with zero attached hydrogens (tertiary/aromatic N) is 6. The van der Waals surface area contributed by atoms with Crippen LogP contribution in [0.2, 0.25) is 0 Å². The van der Waals surface area contributed by atoms with Gasteiger partial charge in [0.2, 0.25) is 0 Å². The number of unbranched alkanes of at least 4 members (excludes halogenated alkanes) is 12. The second-order valence-electron chi connectivity index (χ2n) is 15.5. The molecule has 0 aliphatic carbocycles. The van der Waals surface area contributed by atoms with Crippen molar-refractivity contribution in [2.45, 2.75) is 156 Å². The molecule has 0 fully saturated rings. The van der Waals surface area contributed by atoms with Gasteiger partial charge in [0, 0.05) is 24.8 Å². The lowest BCUT2D eigenvalue weighted by Crippen LogP contribution is -2.16. The molecule has 0 unspecified atom stereocenters. The minimum Gasteiger partial charge on any atom is -0.279 e. The van der Waals surface area contributed by atoms with Crippen molar-refractivity contribution in [3.8, 4) is 0 Å². The number of anilines is 6. The minimum atomic E-state index is 0.886. The number of hydrogen-bond acceptors (Lipinski definition) is 6. The third-order valence-corrected chi connectivity index (χ3v) is 10.8. The summed E-state index contributed by atoms with van der Waals surface area (Å²) in [6.07, 6.45) is 31.8. The molecule has 56 heavy (non-hydrogen) atoms. The normalized spacial score (nSPS) is 11.2. The average molecular weight is 753 g/mol. The fourth-order valence-corrected chi connectivity index (χ4v) is 7.51. The number of pyridine rings is 4. The van der Waals surface area contributed by atoms with Crippen LogP contribution in [-0.2, 0) is 25.7 Å². The van der Waals surface area contributed by atoms with Crippen LogP contribution >= 0.6 is 0 Å². The summed E-state index contributed by atoms with van der Waals surface area (Å²) < 4.78 is 0. The Kier molecular flexibility index (Phi) is 18.3. The average Bonchev–Trinajstić information content (AvgIpc) is 3.23. The highest BCUT2D eigenvalue weighted by Gasteiger charge is 2.21. The maximum Gasteiger partial charge on any atom is 0.138 e. The van der Waals surface area contributed by atoms with Crippen LogP contribution in [0.5, 0.6) is 0 Å². The molecule has 6 heteroatoms. The summed E-state index contributed by atoms with van der Waals surface area (Å²) in [5.74, 6) is 3.54. The molecule has 6 nitrogen and oxygen atoms in total. The van der Waals surface area contributed by atoms with Gasteiger partial charge in [-0.3, -0.25) is 9.80 Å². The SMILES string of the molecule is CCCCCCc1ccnc(N(c2cccc(N(c3cc(CCCCCC)ccn3)c3cc(CCCCCC)ccn3)c2)c2cc(CCCCCC)ccn2)c1. The minimum absolute atomic E-state index is 0.886. The molecule has 0 radical (unpaired) electrons.